The number of para-hydroxylation sites is 1. The molecule has 0 atom stereocenters. The van der Waals surface area contributed by atoms with Crippen LogP contribution < -0.4 is 10.1 Å². The number of nitrogens with one attached hydrogen (secondary N) is 1. The van der Waals surface area contributed by atoms with Crippen LogP contribution in [-0.2, 0) is 13.0 Å². The molecule has 1 aromatic carbocycles. The third kappa shape index (κ3) is 4.57. The first kappa shape index (κ1) is 13.9. The fraction of sp³-hybridized carbons (Fsp3) is 0.308. The molecule has 0 aliphatic carbocycles. The Balaban J connectivity index is 1.82. The molecule has 0 bridgehead atoms. The van der Waals surface area contributed by atoms with Crippen LogP contribution in [0.3, 0.4) is 0 Å². The van der Waals surface area contributed by atoms with E-state index in [1.165, 1.54) is 0 Å². The van der Waals surface area contributed by atoms with Crippen molar-refractivity contribution in [1.29, 1.82) is 0 Å². The fourth-order valence-electron chi connectivity index (χ4n) is 1.66. The van der Waals surface area contributed by atoms with Crippen LogP contribution in [-0.4, -0.2) is 18.1 Å². The Morgan fingerprint density at radius 1 is 1.32 bits per heavy atom. The van der Waals surface area contributed by atoms with Crippen LogP contribution in [0.25, 0.3) is 0 Å². The lowest BCUT2D eigenvalue weighted by Gasteiger charge is -2.11. The zero-order chi connectivity index (χ0) is 13.5. The summed E-state index contributed by atoms with van der Waals surface area (Å²) in [5.41, 5.74) is 3.55. The lowest BCUT2D eigenvalue weighted by atomic mass is 10.2. The minimum absolute atomic E-state index is 0.221. The summed E-state index contributed by atoms with van der Waals surface area (Å²) in [6.45, 7) is -1.56. The van der Waals surface area contributed by atoms with E-state index in [0.29, 0.717) is 6.54 Å². The minimum atomic E-state index is -2.80. The Bertz CT molecular complexity index is 491. The van der Waals surface area contributed by atoms with Crippen LogP contribution in [0.5, 0.6) is 5.75 Å². The number of alkyl halides is 2. The molecule has 0 saturated carbocycles. The normalized spacial score (nSPS) is 10.9. The van der Waals surface area contributed by atoms with Crippen molar-refractivity contribution in [3.63, 3.8) is 0 Å². The molecule has 2 rings (SSSR count). The zero-order valence-electron chi connectivity index (χ0n) is 10.2. The lowest BCUT2D eigenvalue weighted by molar-refractivity contribution is -0.0504. The van der Waals surface area contributed by atoms with Gasteiger partial charge in [-0.15, -0.1) is 11.3 Å². The number of halogens is 2. The van der Waals surface area contributed by atoms with E-state index in [0.717, 1.165) is 24.2 Å². The van der Waals surface area contributed by atoms with Gasteiger partial charge in [0, 0.05) is 30.5 Å². The fourth-order valence-corrected chi connectivity index (χ4v) is 2.25. The summed E-state index contributed by atoms with van der Waals surface area (Å²) in [5.74, 6) is 0.221. The van der Waals surface area contributed by atoms with Gasteiger partial charge in [-0.3, -0.25) is 0 Å². The molecule has 102 valence electrons. The van der Waals surface area contributed by atoms with Crippen molar-refractivity contribution in [1.82, 2.24) is 10.3 Å². The third-order valence-corrected chi connectivity index (χ3v) is 3.18. The van der Waals surface area contributed by atoms with E-state index in [9.17, 15) is 8.78 Å². The number of benzene rings is 1. The maximum absolute atomic E-state index is 12.2. The lowest BCUT2D eigenvalue weighted by Crippen LogP contribution is -2.17. The molecule has 6 heteroatoms. The predicted molar refractivity (Wildman–Crippen MR) is 70.6 cm³/mol. The number of hydrogen-bond acceptors (Lipinski definition) is 4. The highest BCUT2D eigenvalue weighted by Gasteiger charge is 2.08. The zero-order valence-corrected chi connectivity index (χ0v) is 11.0. The summed E-state index contributed by atoms with van der Waals surface area (Å²) in [7, 11) is 0. The van der Waals surface area contributed by atoms with Gasteiger partial charge in [0.1, 0.15) is 5.75 Å². The largest absolute Gasteiger partial charge is 0.434 e. The van der Waals surface area contributed by atoms with Gasteiger partial charge in [0.25, 0.3) is 0 Å². The number of ether oxygens (including phenoxy) is 1. The number of rotatable bonds is 7. The summed E-state index contributed by atoms with van der Waals surface area (Å²) >= 11 is 1.56. The second kappa shape index (κ2) is 7.16. The van der Waals surface area contributed by atoms with Gasteiger partial charge in [-0.1, -0.05) is 18.2 Å². The first-order chi connectivity index (χ1) is 9.25. The molecule has 1 heterocycles. The van der Waals surface area contributed by atoms with Crippen LogP contribution in [0.4, 0.5) is 8.78 Å². The highest BCUT2D eigenvalue weighted by molar-refractivity contribution is 7.07. The summed E-state index contributed by atoms with van der Waals surface area (Å²) in [5, 5.41) is 5.19. The highest BCUT2D eigenvalue weighted by Crippen LogP contribution is 2.19. The molecule has 3 nitrogen and oxygen atoms in total. The molecule has 0 amide bonds. The molecule has 0 unspecified atom stereocenters. The average Bonchev–Trinajstić information content (AvgIpc) is 2.89. The monoisotopic (exact) mass is 284 g/mol. The van der Waals surface area contributed by atoms with Gasteiger partial charge in [-0.25, -0.2) is 4.98 Å². The molecule has 0 radical (unpaired) electrons. The number of aromatic nitrogens is 1. The summed E-state index contributed by atoms with van der Waals surface area (Å²) in [6.07, 6.45) is 0.821. The van der Waals surface area contributed by atoms with Crippen molar-refractivity contribution in [2.24, 2.45) is 0 Å². The SMILES string of the molecule is FC(F)Oc1ccccc1CNCCc1cscn1. The van der Waals surface area contributed by atoms with Crippen molar-refractivity contribution in [3.05, 3.63) is 46.4 Å². The molecule has 0 spiro atoms. The Morgan fingerprint density at radius 2 is 2.16 bits per heavy atom. The van der Waals surface area contributed by atoms with Crippen molar-refractivity contribution in [2.45, 2.75) is 19.6 Å². The average molecular weight is 284 g/mol. The summed E-state index contributed by atoms with van der Waals surface area (Å²) < 4.78 is 28.9. The van der Waals surface area contributed by atoms with E-state index < -0.39 is 6.61 Å². The van der Waals surface area contributed by atoms with Crippen LogP contribution in [0, 0.1) is 0 Å². The summed E-state index contributed by atoms with van der Waals surface area (Å²) in [6, 6.07) is 6.80. The summed E-state index contributed by atoms with van der Waals surface area (Å²) in [4.78, 5) is 4.17. The van der Waals surface area contributed by atoms with Gasteiger partial charge in [0.2, 0.25) is 0 Å². The number of hydrogen-bond donors (Lipinski definition) is 1. The van der Waals surface area contributed by atoms with Gasteiger partial charge in [-0.05, 0) is 6.07 Å². The highest BCUT2D eigenvalue weighted by atomic mass is 32.1. The van der Waals surface area contributed by atoms with E-state index in [1.54, 1.807) is 41.1 Å². The molecule has 0 aliphatic heterocycles. The van der Waals surface area contributed by atoms with Gasteiger partial charge in [-0.2, -0.15) is 8.78 Å². The molecule has 0 saturated heterocycles. The third-order valence-electron chi connectivity index (χ3n) is 2.55. The number of thiazole rings is 1. The quantitative estimate of drug-likeness (QED) is 0.793. The molecule has 2 aromatic rings. The van der Waals surface area contributed by atoms with E-state index >= 15 is 0 Å². The van der Waals surface area contributed by atoms with Gasteiger partial charge >= 0.3 is 6.61 Å². The van der Waals surface area contributed by atoms with Crippen LogP contribution >= 0.6 is 11.3 Å². The predicted octanol–water partition coefficient (Wildman–Crippen LogP) is 3.08. The Hall–Kier alpha value is -1.53. The van der Waals surface area contributed by atoms with Crippen molar-refractivity contribution in [2.75, 3.05) is 6.54 Å². The Labute approximate surface area is 114 Å². The van der Waals surface area contributed by atoms with Crippen LogP contribution in [0.1, 0.15) is 11.3 Å². The molecular weight excluding hydrogens is 270 g/mol. The maximum atomic E-state index is 12.2. The Morgan fingerprint density at radius 3 is 2.89 bits per heavy atom. The molecule has 1 aromatic heterocycles. The van der Waals surface area contributed by atoms with Gasteiger partial charge < -0.3 is 10.1 Å². The standard InChI is InChI=1S/C13H14F2N2OS/c14-13(15)18-12-4-2-1-3-10(12)7-16-6-5-11-8-19-9-17-11/h1-4,8-9,13,16H,5-7H2. The van der Waals surface area contributed by atoms with Crippen molar-refractivity contribution < 1.29 is 13.5 Å². The molecule has 19 heavy (non-hydrogen) atoms. The van der Waals surface area contributed by atoms with E-state index in [4.69, 9.17) is 0 Å². The smallest absolute Gasteiger partial charge is 0.387 e. The van der Waals surface area contributed by atoms with E-state index in [1.807, 2.05) is 5.38 Å². The van der Waals surface area contributed by atoms with E-state index in [-0.39, 0.29) is 5.75 Å². The van der Waals surface area contributed by atoms with Crippen molar-refractivity contribution in [3.8, 4) is 5.75 Å². The second-order valence-corrected chi connectivity index (χ2v) is 4.61. The maximum Gasteiger partial charge on any atom is 0.387 e. The topological polar surface area (TPSA) is 34.1 Å². The first-order valence-electron chi connectivity index (χ1n) is 5.86. The first-order valence-corrected chi connectivity index (χ1v) is 6.80. The minimum Gasteiger partial charge on any atom is -0.434 e. The molecular formula is C13H14F2N2OS. The number of nitrogens with zero attached hydrogens (tertiary/aromatic N) is 1. The second-order valence-electron chi connectivity index (χ2n) is 3.89. The van der Waals surface area contributed by atoms with Crippen LogP contribution in [0.2, 0.25) is 0 Å². The van der Waals surface area contributed by atoms with Gasteiger partial charge in [0.15, 0.2) is 0 Å². The van der Waals surface area contributed by atoms with Crippen molar-refractivity contribution >= 4 is 11.3 Å². The molecule has 0 fully saturated rings. The van der Waals surface area contributed by atoms with Gasteiger partial charge in [0.05, 0.1) is 11.2 Å². The Kier molecular flexibility index (Phi) is 5.23. The van der Waals surface area contributed by atoms with Crippen LogP contribution in [0.15, 0.2) is 35.2 Å². The molecule has 1 N–H and O–H groups in total. The molecule has 0 aliphatic rings. The van der Waals surface area contributed by atoms with E-state index in [2.05, 4.69) is 15.0 Å².